The molecule has 0 spiro atoms. The smallest absolute Gasteiger partial charge is 0.252 e. The second kappa shape index (κ2) is 6.31. The topological polar surface area (TPSA) is 101 Å². The van der Waals surface area contributed by atoms with E-state index >= 15 is 0 Å². The first-order valence-corrected chi connectivity index (χ1v) is 7.21. The standard InChI is InChI=1S/C17H16N4O2/c18-16(22)15(9-11-5-2-1-3-6-11)20-17(23)12-7-4-8-14-13(12)10-19-21-14/h1-8,10,15H,9H2,(H2,18,22)(H,19,21)(H,20,23). The Morgan fingerprint density at radius 2 is 1.91 bits per heavy atom. The van der Waals surface area contributed by atoms with Crippen LogP contribution < -0.4 is 11.1 Å². The van der Waals surface area contributed by atoms with Gasteiger partial charge >= 0.3 is 0 Å². The zero-order valence-electron chi connectivity index (χ0n) is 12.3. The molecule has 0 bridgehead atoms. The first kappa shape index (κ1) is 14.8. The van der Waals surface area contributed by atoms with Crippen molar-refractivity contribution in [3.05, 3.63) is 65.9 Å². The third-order valence-corrected chi connectivity index (χ3v) is 3.66. The Bertz CT molecular complexity index is 842. The van der Waals surface area contributed by atoms with Crippen LogP contribution in [0.3, 0.4) is 0 Å². The van der Waals surface area contributed by atoms with E-state index in [1.807, 2.05) is 36.4 Å². The molecule has 2 aromatic carbocycles. The second-order valence-electron chi connectivity index (χ2n) is 5.25. The van der Waals surface area contributed by atoms with Gasteiger partial charge in [0.15, 0.2) is 0 Å². The van der Waals surface area contributed by atoms with Crippen LogP contribution >= 0.6 is 0 Å². The number of aromatic nitrogens is 2. The number of primary amides is 1. The number of nitrogens with two attached hydrogens (primary N) is 1. The fourth-order valence-corrected chi connectivity index (χ4v) is 2.47. The van der Waals surface area contributed by atoms with Crippen LogP contribution in [0.4, 0.5) is 0 Å². The molecule has 1 unspecified atom stereocenters. The van der Waals surface area contributed by atoms with Crippen LogP contribution in [0.15, 0.2) is 54.7 Å². The third-order valence-electron chi connectivity index (χ3n) is 3.66. The molecule has 6 heteroatoms. The van der Waals surface area contributed by atoms with E-state index < -0.39 is 11.9 Å². The van der Waals surface area contributed by atoms with Gasteiger partial charge in [-0.15, -0.1) is 0 Å². The zero-order valence-corrected chi connectivity index (χ0v) is 12.3. The van der Waals surface area contributed by atoms with Crippen molar-refractivity contribution >= 4 is 22.7 Å². The molecule has 6 nitrogen and oxygen atoms in total. The van der Waals surface area contributed by atoms with Crippen molar-refractivity contribution in [1.29, 1.82) is 0 Å². The Kier molecular flexibility index (Phi) is 4.05. The molecule has 116 valence electrons. The molecule has 3 rings (SSSR count). The maximum absolute atomic E-state index is 12.5. The summed E-state index contributed by atoms with van der Waals surface area (Å²) in [6.45, 7) is 0. The van der Waals surface area contributed by atoms with Crippen molar-refractivity contribution in [2.24, 2.45) is 5.73 Å². The number of amides is 2. The monoisotopic (exact) mass is 308 g/mol. The highest BCUT2D eigenvalue weighted by molar-refractivity contribution is 6.07. The van der Waals surface area contributed by atoms with Crippen LogP contribution in [-0.2, 0) is 11.2 Å². The third kappa shape index (κ3) is 3.21. The molecule has 3 aromatic rings. The minimum atomic E-state index is -0.771. The molecule has 0 aliphatic rings. The molecule has 0 radical (unpaired) electrons. The van der Waals surface area contributed by atoms with Crippen LogP contribution in [0, 0.1) is 0 Å². The summed E-state index contributed by atoms with van der Waals surface area (Å²) >= 11 is 0. The van der Waals surface area contributed by atoms with Crippen LogP contribution in [0.25, 0.3) is 10.9 Å². The van der Waals surface area contributed by atoms with E-state index in [0.717, 1.165) is 11.1 Å². The van der Waals surface area contributed by atoms with Gasteiger partial charge in [-0.1, -0.05) is 36.4 Å². The van der Waals surface area contributed by atoms with E-state index in [1.165, 1.54) is 0 Å². The summed E-state index contributed by atoms with van der Waals surface area (Å²) in [5, 5.41) is 10.1. The maximum atomic E-state index is 12.5. The number of hydrogen-bond donors (Lipinski definition) is 3. The largest absolute Gasteiger partial charge is 0.368 e. The molecule has 2 amide bonds. The van der Waals surface area contributed by atoms with Crippen molar-refractivity contribution in [2.45, 2.75) is 12.5 Å². The summed E-state index contributed by atoms with van der Waals surface area (Å²) in [5.74, 6) is -0.918. The molecule has 0 fully saturated rings. The van der Waals surface area contributed by atoms with Gasteiger partial charge in [-0.2, -0.15) is 5.10 Å². The van der Waals surface area contributed by atoms with Crippen molar-refractivity contribution in [3.63, 3.8) is 0 Å². The predicted octanol–water partition coefficient (Wildman–Crippen LogP) is 1.39. The quantitative estimate of drug-likeness (QED) is 0.664. The van der Waals surface area contributed by atoms with Gasteiger partial charge in [-0.3, -0.25) is 14.7 Å². The van der Waals surface area contributed by atoms with Gasteiger partial charge in [0, 0.05) is 11.8 Å². The normalized spacial score (nSPS) is 12.0. The van der Waals surface area contributed by atoms with Gasteiger partial charge in [-0.05, 0) is 17.7 Å². The lowest BCUT2D eigenvalue weighted by molar-refractivity contribution is -0.119. The Morgan fingerprint density at radius 1 is 1.13 bits per heavy atom. The van der Waals surface area contributed by atoms with Gasteiger partial charge in [0.2, 0.25) is 5.91 Å². The van der Waals surface area contributed by atoms with E-state index in [0.29, 0.717) is 17.4 Å². The summed E-state index contributed by atoms with van der Waals surface area (Å²) in [4.78, 5) is 24.2. The average Bonchev–Trinajstić information content (AvgIpc) is 3.03. The molecule has 0 aliphatic carbocycles. The lowest BCUT2D eigenvalue weighted by atomic mass is 10.0. The lowest BCUT2D eigenvalue weighted by Crippen LogP contribution is -2.45. The van der Waals surface area contributed by atoms with E-state index in [9.17, 15) is 9.59 Å². The fourth-order valence-electron chi connectivity index (χ4n) is 2.47. The summed E-state index contributed by atoms with van der Waals surface area (Å²) < 4.78 is 0. The van der Waals surface area contributed by atoms with Gasteiger partial charge in [0.25, 0.3) is 5.91 Å². The summed E-state index contributed by atoms with van der Waals surface area (Å²) in [7, 11) is 0. The predicted molar refractivity (Wildman–Crippen MR) is 86.7 cm³/mol. The van der Waals surface area contributed by atoms with Crippen LogP contribution in [0.2, 0.25) is 0 Å². The summed E-state index contributed by atoms with van der Waals surface area (Å²) in [5.41, 5.74) is 7.57. The van der Waals surface area contributed by atoms with Crippen molar-refractivity contribution in [3.8, 4) is 0 Å². The van der Waals surface area contributed by atoms with Gasteiger partial charge in [0.1, 0.15) is 6.04 Å². The van der Waals surface area contributed by atoms with Crippen molar-refractivity contribution in [2.75, 3.05) is 0 Å². The number of fused-ring (bicyclic) bond motifs is 1. The van der Waals surface area contributed by atoms with Crippen LogP contribution in [-0.4, -0.2) is 28.1 Å². The fraction of sp³-hybridized carbons (Fsp3) is 0.118. The number of aromatic amines is 1. The first-order chi connectivity index (χ1) is 11.1. The van der Waals surface area contributed by atoms with Gasteiger partial charge < -0.3 is 11.1 Å². The number of carbonyl (C=O) groups excluding carboxylic acids is 2. The lowest BCUT2D eigenvalue weighted by Gasteiger charge is -2.16. The van der Waals surface area contributed by atoms with E-state index in [-0.39, 0.29) is 5.91 Å². The molecule has 4 N–H and O–H groups in total. The number of nitrogens with zero attached hydrogens (tertiary/aromatic N) is 1. The maximum Gasteiger partial charge on any atom is 0.252 e. The molecule has 0 aliphatic heterocycles. The highest BCUT2D eigenvalue weighted by Gasteiger charge is 2.20. The van der Waals surface area contributed by atoms with E-state index in [2.05, 4.69) is 15.5 Å². The number of benzene rings is 2. The molecule has 1 aromatic heterocycles. The zero-order chi connectivity index (χ0) is 16.2. The summed E-state index contributed by atoms with van der Waals surface area (Å²) in [6, 6.07) is 13.9. The second-order valence-corrected chi connectivity index (χ2v) is 5.25. The number of hydrogen-bond acceptors (Lipinski definition) is 3. The van der Waals surface area contributed by atoms with Gasteiger partial charge in [-0.25, -0.2) is 0 Å². The molecule has 23 heavy (non-hydrogen) atoms. The van der Waals surface area contributed by atoms with Crippen LogP contribution in [0.1, 0.15) is 15.9 Å². The molecular weight excluding hydrogens is 292 g/mol. The SMILES string of the molecule is NC(=O)C(Cc1ccccc1)NC(=O)c1cccc2[nH]ncc12. The van der Waals surface area contributed by atoms with Crippen molar-refractivity contribution < 1.29 is 9.59 Å². The molecule has 0 saturated heterocycles. The number of nitrogens with one attached hydrogen (secondary N) is 2. The van der Waals surface area contributed by atoms with Crippen LogP contribution in [0.5, 0.6) is 0 Å². The van der Waals surface area contributed by atoms with Gasteiger partial charge in [0.05, 0.1) is 17.3 Å². The number of carbonyl (C=O) groups is 2. The highest BCUT2D eigenvalue weighted by atomic mass is 16.2. The minimum Gasteiger partial charge on any atom is -0.368 e. The average molecular weight is 308 g/mol. The first-order valence-electron chi connectivity index (χ1n) is 7.21. The van der Waals surface area contributed by atoms with E-state index in [4.69, 9.17) is 5.73 Å². The van der Waals surface area contributed by atoms with E-state index in [1.54, 1.807) is 18.3 Å². The van der Waals surface area contributed by atoms with Crippen molar-refractivity contribution in [1.82, 2.24) is 15.5 Å². The minimum absolute atomic E-state index is 0.350. The molecule has 0 saturated carbocycles. The molecular formula is C17H16N4O2. The molecule has 1 atom stereocenters. The number of rotatable bonds is 5. The highest BCUT2D eigenvalue weighted by Crippen LogP contribution is 2.16. The summed E-state index contributed by atoms with van der Waals surface area (Å²) in [6.07, 6.45) is 1.93. The molecule has 1 heterocycles. The Balaban J connectivity index is 1.81. The Labute approximate surface area is 132 Å². The Hall–Kier alpha value is -3.15. The Morgan fingerprint density at radius 3 is 2.65 bits per heavy atom. The number of H-pyrrole nitrogens is 1.